The van der Waals surface area contributed by atoms with E-state index in [1.807, 2.05) is 19.1 Å². The van der Waals surface area contributed by atoms with Gasteiger partial charge in [-0.15, -0.1) is 0 Å². The Labute approximate surface area is 258 Å². The molecule has 0 aliphatic carbocycles. The summed E-state index contributed by atoms with van der Waals surface area (Å²) in [6, 6.07) is 17.7. The number of imidazole rings is 1. The summed E-state index contributed by atoms with van der Waals surface area (Å²) in [5.41, 5.74) is 4.13. The van der Waals surface area contributed by atoms with Crippen LogP contribution in [-0.2, 0) is 6.54 Å². The van der Waals surface area contributed by atoms with Crippen molar-refractivity contribution < 1.29 is 14.0 Å². The van der Waals surface area contributed by atoms with Crippen LogP contribution >= 0.6 is 11.6 Å². The molecule has 0 fully saturated rings. The van der Waals surface area contributed by atoms with Gasteiger partial charge in [0.25, 0.3) is 11.8 Å². The fourth-order valence-corrected chi connectivity index (χ4v) is 5.08. The predicted octanol–water partition coefficient (Wildman–Crippen LogP) is 5.21. The molecule has 1 atom stereocenters. The number of fused-ring (bicyclic) bond motifs is 1. The molecular weight excluding hydrogens is 581 g/mol. The van der Waals surface area contributed by atoms with Gasteiger partial charge in [-0.1, -0.05) is 29.7 Å². The minimum Gasteiger partial charge on any atom is -0.352 e. The quantitative estimate of drug-likeness (QED) is 0.185. The monoisotopic (exact) mass is 607 g/mol. The summed E-state index contributed by atoms with van der Waals surface area (Å²) >= 11 is 6.15. The van der Waals surface area contributed by atoms with Crippen LogP contribution in [0.4, 0.5) is 4.39 Å². The molecule has 3 heterocycles. The molecule has 5 rings (SSSR count). The van der Waals surface area contributed by atoms with Crippen molar-refractivity contribution in [2.45, 2.75) is 32.9 Å². The third-order valence-corrected chi connectivity index (χ3v) is 7.38. The number of rotatable bonds is 8. The lowest BCUT2D eigenvalue weighted by molar-refractivity contribution is 0.0924. The van der Waals surface area contributed by atoms with E-state index in [0.717, 1.165) is 5.56 Å². The molecule has 0 saturated carbocycles. The van der Waals surface area contributed by atoms with Crippen molar-refractivity contribution in [3.8, 4) is 17.9 Å². The number of nitriles is 1. The molecule has 0 bridgehead atoms. The van der Waals surface area contributed by atoms with E-state index in [2.05, 4.69) is 38.6 Å². The van der Waals surface area contributed by atoms with Crippen LogP contribution in [0.5, 0.6) is 0 Å². The highest BCUT2D eigenvalue weighted by atomic mass is 35.5. The van der Waals surface area contributed by atoms with Crippen molar-refractivity contribution in [3.05, 3.63) is 123 Å². The van der Waals surface area contributed by atoms with E-state index < -0.39 is 17.8 Å². The number of benzene rings is 2. The first kappa shape index (κ1) is 30.0. The summed E-state index contributed by atoms with van der Waals surface area (Å²) in [4.78, 5) is 30.3. The maximum atomic E-state index is 14.3. The van der Waals surface area contributed by atoms with Gasteiger partial charge in [0.2, 0.25) is 0 Å². The van der Waals surface area contributed by atoms with Crippen LogP contribution in [-0.4, -0.2) is 37.5 Å². The molecule has 5 aromatic rings. The Bertz CT molecular complexity index is 1960. The van der Waals surface area contributed by atoms with E-state index in [0.29, 0.717) is 47.7 Å². The summed E-state index contributed by atoms with van der Waals surface area (Å²) in [5, 5.41) is 19.7. The second kappa shape index (κ2) is 13.2. The van der Waals surface area contributed by atoms with E-state index in [1.54, 1.807) is 64.8 Å². The van der Waals surface area contributed by atoms with Crippen molar-refractivity contribution in [2.24, 2.45) is 0 Å². The van der Waals surface area contributed by atoms with Gasteiger partial charge in [0.05, 0.1) is 12.2 Å². The highest BCUT2D eigenvalue weighted by Gasteiger charge is 2.21. The largest absolute Gasteiger partial charge is 0.352 e. The van der Waals surface area contributed by atoms with Crippen molar-refractivity contribution in [1.82, 2.24) is 29.8 Å². The fourth-order valence-electron chi connectivity index (χ4n) is 4.76. The Balaban J connectivity index is 1.21. The predicted molar refractivity (Wildman–Crippen MR) is 164 cm³/mol. The number of nitrogens with zero attached hydrogens (tertiary/aromatic N) is 5. The Morgan fingerprint density at radius 2 is 1.91 bits per heavy atom. The minimum absolute atomic E-state index is 0.182. The first-order valence-electron chi connectivity index (χ1n) is 13.8. The molecule has 2 amide bonds. The van der Waals surface area contributed by atoms with Gasteiger partial charge in [0.15, 0.2) is 5.65 Å². The normalized spacial score (nSPS) is 11.3. The van der Waals surface area contributed by atoms with Gasteiger partial charge < -0.3 is 15.2 Å². The molecule has 44 heavy (non-hydrogen) atoms. The third kappa shape index (κ3) is 6.46. The number of aromatic nitrogens is 4. The molecule has 0 spiro atoms. The highest BCUT2D eigenvalue weighted by molar-refractivity contribution is 6.31. The summed E-state index contributed by atoms with van der Waals surface area (Å²) in [7, 11) is 0. The third-order valence-electron chi connectivity index (χ3n) is 7.06. The molecule has 2 N–H and O–H groups in total. The molecule has 3 aromatic heterocycles. The van der Waals surface area contributed by atoms with Crippen LogP contribution in [0.15, 0.2) is 73.1 Å². The van der Waals surface area contributed by atoms with Gasteiger partial charge in [0, 0.05) is 41.0 Å². The van der Waals surface area contributed by atoms with Crippen molar-refractivity contribution in [3.63, 3.8) is 0 Å². The fraction of sp³-hybridized carbons (Fsp3) is 0.182. The minimum atomic E-state index is -0.704. The number of nitrogens with one attached hydrogen (secondary N) is 2. The molecule has 220 valence electrons. The topological polar surface area (TPSA) is 117 Å². The average Bonchev–Trinajstić information content (AvgIpc) is 3.62. The van der Waals surface area contributed by atoms with Gasteiger partial charge in [-0.2, -0.15) is 10.4 Å². The van der Waals surface area contributed by atoms with Gasteiger partial charge in [-0.25, -0.2) is 13.9 Å². The van der Waals surface area contributed by atoms with E-state index in [1.165, 1.54) is 12.1 Å². The maximum Gasteiger partial charge on any atom is 0.268 e. The molecular formula is C33H27ClFN7O2. The lowest BCUT2D eigenvalue weighted by atomic mass is 10.0. The van der Waals surface area contributed by atoms with Crippen molar-refractivity contribution in [1.29, 1.82) is 5.26 Å². The standard InChI is InChI=1S/C33H27ClFN7O2/c1-21-9-10-24(18-23(21)11-12-26-20-38-30-8-4-16-39-42(26)30)32(43)37-15-5-17-41-25(19-36)13-14-29(41)33(44)40-22(2)31-27(34)6-3-7-28(31)35/h3-4,6-10,13-14,16,18,20,22H,5,15,17H2,1-2H3,(H,37,43)(H,40,44)/t22-/m0/s1. The molecule has 0 aliphatic heterocycles. The van der Waals surface area contributed by atoms with Gasteiger partial charge in [-0.3, -0.25) is 9.59 Å². The van der Waals surface area contributed by atoms with E-state index in [-0.39, 0.29) is 22.2 Å². The average molecular weight is 608 g/mol. The summed E-state index contributed by atoms with van der Waals surface area (Å²) < 4.78 is 17.6. The number of amides is 2. The van der Waals surface area contributed by atoms with E-state index >= 15 is 0 Å². The molecule has 11 heteroatoms. The zero-order valence-corrected chi connectivity index (χ0v) is 24.7. The van der Waals surface area contributed by atoms with E-state index in [9.17, 15) is 19.2 Å². The second-order valence-corrected chi connectivity index (χ2v) is 10.4. The van der Waals surface area contributed by atoms with Crippen LogP contribution in [0.2, 0.25) is 5.02 Å². The molecule has 0 aliphatic rings. The number of aryl methyl sites for hydroxylation is 1. The molecule has 0 radical (unpaired) electrons. The van der Waals surface area contributed by atoms with Crippen molar-refractivity contribution in [2.75, 3.05) is 6.54 Å². The summed E-state index contributed by atoms with van der Waals surface area (Å²) in [6.07, 6.45) is 3.76. The second-order valence-electron chi connectivity index (χ2n) is 10.0. The molecule has 2 aromatic carbocycles. The summed E-state index contributed by atoms with van der Waals surface area (Å²) in [6.45, 7) is 4.15. The molecule has 9 nitrogen and oxygen atoms in total. The number of carbonyl (C=O) groups excluding carboxylic acids is 2. The Hall–Kier alpha value is -5.45. The van der Waals surface area contributed by atoms with Crippen LogP contribution < -0.4 is 10.6 Å². The van der Waals surface area contributed by atoms with Gasteiger partial charge in [0.1, 0.15) is 29.0 Å². The number of hydrogen-bond donors (Lipinski definition) is 2. The van der Waals surface area contributed by atoms with Crippen LogP contribution in [0.3, 0.4) is 0 Å². The van der Waals surface area contributed by atoms with E-state index in [4.69, 9.17) is 11.6 Å². The Kier molecular flexibility index (Phi) is 9.03. The first-order chi connectivity index (χ1) is 21.3. The summed E-state index contributed by atoms with van der Waals surface area (Å²) in [5.74, 6) is 4.93. The lowest BCUT2D eigenvalue weighted by Crippen LogP contribution is -2.30. The van der Waals surface area contributed by atoms with Gasteiger partial charge >= 0.3 is 0 Å². The smallest absolute Gasteiger partial charge is 0.268 e. The first-order valence-corrected chi connectivity index (χ1v) is 14.2. The molecule has 0 unspecified atom stereocenters. The Morgan fingerprint density at radius 1 is 1.07 bits per heavy atom. The van der Waals surface area contributed by atoms with Crippen LogP contribution in [0.1, 0.15) is 68.3 Å². The highest BCUT2D eigenvalue weighted by Crippen LogP contribution is 2.26. The SMILES string of the molecule is Cc1ccc(C(=O)NCCCn2c(C#N)ccc2C(=O)N[C@@H](C)c2c(F)cccc2Cl)cc1C#Cc1cnc2cccnn12. The van der Waals surface area contributed by atoms with Gasteiger partial charge in [-0.05, 0) is 80.3 Å². The van der Waals surface area contributed by atoms with Crippen LogP contribution in [0, 0.1) is 35.9 Å². The van der Waals surface area contributed by atoms with Crippen molar-refractivity contribution >= 4 is 29.1 Å². The zero-order valence-electron chi connectivity index (χ0n) is 23.9. The zero-order chi connectivity index (χ0) is 31.2. The van der Waals surface area contributed by atoms with Crippen LogP contribution in [0.25, 0.3) is 5.65 Å². The maximum absolute atomic E-state index is 14.3. The molecule has 0 saturated heterocycles. The number of hydrogen-bond acceptors (Lipinski definition) is 5. The number of halogens is 2. The number of carbonyl (C=O) groups is 2. The lowest BCUT2D eigenvalue weighted by Gasteiger charge is -2.18. The Morgan fingerprint density at radius 3 is 2.70 bits per heavy atom.